The molecule has 4 nitrogen and oxygen atoms in total. The van der Waals surface area contributed by atoms with Gasteiger partial charge in [0.1, 0.15) is 0 Å². The molecule has 0 aliphatic heterocycles. The van der Waals surface area contributed by atoms with Gasteiger partial charge in [0, 0.05) is 39.8 Å². The second-order valence-corrected chi connectivity index (χ2v) is 10.4. The summed E-state index contributed by atoms with van der Waals surface area (Å²) in [6, 6.07) is 18.0. The van der Waals surface area contributed by atoms with Gasteiger partial charge in [-0.3, -0.25) is 9.00 Å². The zero-order valence-corrected chi connectivity index (χ0v) is 19.8. The van der Waals surface area contributed by atoms with E-state index < -0.39 is 10.8 Å². The van der Waals surface area contributed by atoms with Crippen LogP contribution in [0.25, 0.3) is 22.2 Å². The molecule has 2 unspecified atom stereocenters. The number of rotatable bonds is 7. The van der Waals surface area contributed by atoms with Gasteiger partial charge in [-0.2, -0.15) is 0 Å². The molecular weight excluding hydrogens is 416 g/mol. The SMILES string of the molecule is CC(NC(=O)c1c(CCS(C)=O)c(-c2ccccc2)nc2ccccc12)C1CCCCC1. The van der Waals surface area contributed by atoms with E-state index in [0.29, 0.717) is 23.7 Å². The number of para-hydroxylation sites is 1. The van der Waals surface area contributed by atoms with Gasteiger partial charge in [0.05, 0.1) is 16.8 Å². The van der Waals surface area contributed by atoms with Gasteiger partial charge in [0.2, 0.25) is 0 Å². The van der Waals surface area contributed by atoms with Crippen LogP contribution in [0.4, 0.5) is 0 Å². The Kier molecular flexibility index (Phi) is 7.36. The fourth-order valence-corrected chi connectivity index (χ4v) is 5.36. The Hall–Kier alpha value is -2.53. The van der Waals surface area contributed by atoms with Crippen LogP contribution in [0.2, 0.25) is 0 Å². The molecule has 2 atom stereocenters. The summed E-state index contributed by atoms with van der Waals surface area (Å²) in [6.45, 7) is 2.14. The summed E-state index contributed by atoms with van der Waals surface area (Å²) >= 11 is 0. The highest BCUT2D eigenvalue weighted by Crippen LogP contribution is 2.32. The van der Waals surface area contributed by atoms with E-state index in [-0.39, 0.29) is 11.9 Å². The number of nitrogens with one attached hydrogen (secondary N) is 1. The highest BCUT2D eigenvalue weighted by Gasteiger charge is 2.26. The molecule has 32 heavy (non-hydrogen) atoms. The Morgan fingerprint density at radius 2 is 1.75 bits per heavy atom. The molecule has 4 rings (SSSR count). The van der Waals surface area contributed by atoms with Crippen LogP contribution in [-0.4, -0.2) is 33.2 Å². The molecule has 1 amide bonds. The van der Waals surface area contributed by atoms with E-state index in [1.807, 2.05) is 54.6 Å². The van der Waals surface area contributed by atoms with Crippen LogP contribution < -0.4 is 5.32 Å². The van der Waals surface area contributed by atoms with Gasteiger partial charge in [-0.1, -0.05) is 67.8 Å². The zero-order valence-electron chi connectivity index (χ0n) is 19.0. The van der Waals surface area contributed by atoms with Gasteiger partial charge >= 0.3 is 0 Å². The number of benzene rings is 2. The number of carbonyl (C=O) groups is 1. The van der Waals surface area contributed by atoms with E-state index in [1.165, 1.54) is 32.1 Å². The smallest absolute Gasteiger partial charge is 0.252 e. The Balaban J connectivity index is 1.81. The molecule has 0 bridgehead atoms. The van der Waals surface area contributed by atoms with Crippen molar-refractivity contribution in [3.63, 3.8) is 0 Å². The number of nitrogens with zero attached hydrogens (tertiary/aromatic N) is 1. The predicted molar refractivity (Wildman–Crippen MR) is 133 cm³/mol. The summed E-state index contributed by atoms with van der Waals surface area (Å²) in [7, 11) is -0.960. The topological polar surface area (TPSA) is 59.1 Å². The molecule has 3 aromatic rings. The summed E-state index contributed by atoms with van der Waals surface area (Å²) in [5.74, 6) is 0.981. The Morgan fingerprint density at radius 1 is 1.06 bits per heavy atom. The van der Waals surface area contributed by atoms with Crippen LogP contribution >= 0.6 is 0 Å². The van der Waals surface area contributed by atoms with Crippen molar-refractivity contribution in [2.45, 2.75) is 51.5 Å². The van der Waals surface area contributed by atoms with Crippen LogP contribution in [0.5, 0.6) is 0 Å². The number of pyridine rings is 1. The summed E-state index contributed by atoms with van der Waals surface area (Å²) in [5.41, 5.74) is 4.17. The maximum atomic E-state index is 13.7. The molecule has 2 aromatic carbocycles. The third-order valence-corrected chi connectivity index (χ3v) is 7.40. The standard InChI is InChI=1S/C27H32N2O2S/c1-19(20-11-5-3-6-12-20)28-27(30)25-22-15-9-10-16-24(22)29-26(21-13-7-4-8-14-21)23(25)17-18-32(2)31/h4,7-10,13-16,19-20H,3,5-6,11-12,17-18H2,1-2H3,(H,28,30). The van der Waals surface area contributed by atoms with Gasteiger partial charge in [0.25, 0.3) is 5.91 Å². The first-order valence-corrected chi connectivity index (χ1v) is 13.3. The summed E-state index contributed by atoms with van der Waals surface area (Å²) in [6.07, 6.45) is 8.40. The van der Waals surface area contributed by atoms with Gasteiger partial charge in [-0.15, -0.1) is 0 Å². The van der Waals surface area contributed by atoms with Crippen molar-refractivity contribution in [1.29, 1.82) is 0 Å². The summed E-state index contributed by atoms with van der Waals surface area (Å²) < 4.78 is 12.0. The number of carbonyl (C=O) groups excluding carboxylic acids is 1. The van der Waals surface area contributed by atoms with Crippen molar-refractivity contribution in [2.24, 2.45) is 5.92 Å². The maximum Gasteiger partial charge on any atom is 0.252 e. The Labute approximate surface area is 193 Å². The highest BCUT2D eigenvalue weighted by atomic mass is 32.2. The van der Waals surface area contributed by atoms with E-state index in [1.54, 1.807) is 6.26 Å². The third-order valence-electron chi connectivity index (χ3n) is 6.62. The average Bonchev–Trinajstić information content (AvgIpc) is 2.82. The minimum atomic E-state index is -0.960. The highest BCUT2D eigenvalue weighted by molar-refractivity contribution is 7.84. The van der Waals surface area contributed by atoms with Crippen LogP contribution in [0.3, 0.4) is 0 Å². The lowest BCUT2D eigenvalue weighted by Crippen LogP contribution is -2.39. The van der Waals surface area contributed by atoms with E-state index in [2.05, 4.69) is 12.2 Å². The lowest BCUT2D eigenvalue weighted by Gasteiger charge is -2.29. The first kappa shape index (κ1) is 22.7. The first-order chi connectivity index (χ1) is 15.5. The van der Waals surface area contributed by atoms with E-state index >= 15 is 0 Å². The minimum absolute atomic E-state index is 0.0456. The molecule has 1 saturated carbocycles. The third kappa shape index (κ3) is 5.09. The van der Waals surface area contributed by atoms with Gasteiger partial charge in [-0.25, -0.2) is 4.98 Å². The first-order valence-electron chi connectivity index (χ1n) is 11.6. The van der Waals surface area contributed by atoms with E-state index in [4.69, 9.17) is 4.98 Å². The lowest BCUT2D eigenvalue weighted by atomic mass is 9.84. The molecule has 168 valence electrons. The second kappa shape index (κ2) is 10.4. The number of aromatic nitrogens is 1. The van der Waals surface area contributed by atoms with Crippen molar-refractivity contribution in [3.8, 4) is 11.3 Å². The zero-order chi connectivity index (χ0) is 22.5. The lowest BCUT2D eigenvalue weighted by molar-refractivity contribution is 0.0920. The molecule has 1 heterocycles. The van der Waals surface area contributed by atoms with Gasteiger partial charge in [0.15, 0.2) is 0 Å². The number of hydrogen-bond acceptors (Lipinski definition) is 3. The molecule has 1 aliphatic carbocycles. The van der Waals surface area contributed by atoms with Crippen LogP contribution in [0, 0.1) is 5.92 Å². The molecule has 1 aromatic heterocycles. The summed E-state index contributed by atoms with van der Waals surface area (Å²) in [5, 5.41) is 4.18. The van der Waals surface area contributed by atoms with Crippen molar-refractivity contribution in [2.75, 3.05) is 12.0 Å². The monoisotopic (exact) mass is 448 g/mol. The maximum absolute atomic E-state index is 13.7. The summed E-state index contributed by atoms with van der Waals surface area (Å²) in [4.78, 5) is 18.7. The Morgan fingerprint density at radius 3 is 2.47 bits per heavy atom. The molecule has 1 aliphatic rings. The van der Waals surface area contributed by atoms with Crippen molar-refractivity contribution in [3.05, 3.63) is 65.7 Å². The molecular formula is C27H32N2O2S. The van der Waals surface area contributed by atoms with E-state index in [0.717, 1.165) is 27.7 Å². The quantitative estimate of drug-likeness (QED) is 0.518. The minimum Gasteiger partial charge on any atom is -0.349 e. The van der Waals surface area contributed by atoms with Crippen molar-refractivity contribution in [1.82, 2.24) is 10.3 Å². The van der Waals surface area contributed by atoms with Crippen LogP contribution in [0.15, 0.2) is 54.6 Å². The molecule has 5 heteroatoms. The molecule has 0 radical (unpaired) electrons. The van der Waals surface area contributed by atoms with E-state index in [9.17, 15) is 9.00 Å². The largest absolute Gasteiger partial charge is 0.349 e. The molecule has 1 N–H and O–H groups in total. The van der Waals surface area contributed by atoms with Gasteiger partial charge < -0.3 is 5.32 Å². The number of hydrogen-bond donors (Lipinski definition) is 1. The van der Waals surface area contributed by atoms with Gasteiger partial charge in [-0.05, 0) is 43.7 Å². The average molecular weight is 449 g/mol. The van der Waals surface area contributed by atoms with Crippen LogP contribution in [-0.2, 0) is 17.2 Å². The normalized spacial score (nSPS) is 16.6. The number of fused-ring (bicyclic) bond motifs is 1. The molecule has 0 saturated heterocycles. The van der Waals surface area contributed by atoms with Crippen molar-refractivity contribution >= 4 is 27.6 Å². The van der Waals surface area contributed by atoms with Crippen molar-refractivity contribution < 1.29 is 9.00 Å². The fourth-order valence-electron chi connectivity index (χ4n) is 4.87. The fraction of sp³-hybridized carbons (Fsp3) is 0.407. The molecule has 0 spiro atoms. The molecule has 1 fully saturated rings. The van der Waals surface area contributed by atoms with Crippen LogP contribution in [0.1, 0.15) is 54.9 Å². The Bertz CT molecular complexity index is 1110. The number of amides is 1. The second-order valence-electron chi connectivity index (χ2n) is 8.88. The predicted octanol–water partition coefficient (Wildman–Crippen LogP) is 5.52.